The van der Waals surface area contributed by atoms with Gasteiger partial charge < -0.3 is 4.90 Å². The molecule has 1 aromatic rings. The zero-order chi connectivity index (χ0) is 9.84. The maximum absolute atomic E-state index is 7.41. The molecule has 0 fully saturated rings. The van der Waals surface area contributed by atoms with Crippen LogP contribution in [0.15, 0.2) is 28.7 Å². The second-order valence-corrected chi connectivity index (χ2v) is 3.98. The lowest BCUT2D eigenvalue weighted by molar-refractivity contribution is 0.494. The third-order valence-electron chi connectivity index (χ3n) is 1.91. The van der Waals surface area contributed by atoms with Crippen molar-refractivity contribution in [1.29, 1.82) is 5.41 Å². The number of hydrogen-bond donors (Lipinski definition) is 1. The number of halogens is 1. The summed E-state index contributed by atoms with van der Waals surface area (Å²) in [6.45, 7) is 2.58. The normalized spacial score (nSPS) is 9.77. The van der Waals surface area contributed by atoms with Crippen LogP contribution in [0.5, 0.6) is 0 Å². The van der Waals surface area contributed by atoms with Crippen molar-refractivity contribution in [3.63, 3.8) is 0 Å². The Morgan fingerprint density at radius 3 is 2.38 bits per heavy atom. The summed E-state index contributed by atoms with van der Waals surface area (Å²) in [4.78, 5) is 1.91. The predicted octanol–water partition coefficient (Wildman–Crippen LogP) is 2.88. The van der Waals surface area contributed by atoms with Crippen LogP contribution in [0, 0.1) is 5.41 Å². The van der Waals surface area contributed by atoms with Gasteiger partial charge in [-0.1, -0.05) is 28.1 Å². The van der Waals surface area contributed by atoms with E-state index in [-0.39, 0.29) is 0 Å². The summed E-state index contributed by atoms with van der Waals surface area (Å²) >= 11 is 3.38. The van der Waals surface area contributed by atoms with Gasteiger partial charge in [-0.25, -0.2) is 0 Å². The maximum Gasteiger partial charge on any atom is 0.0926 e. The summed E-state index contributed by atoms with van der Waals surface area (Å²) in [7, 11) is 1.92. The van der Waals surface area contributed by atoms with E-state index in [0.717, 1.165) is 11.0 Å². The van der Waals surface area contributed by atoms with E-state index >= 15 is 0 Å². The van der Waals surface area contributed by atoms with Crippen molar-refractivity contribution in [2.24, 2.45) is 0 Å². The van der Waals surface area contributed by atoms with Crippen LogP contribution in [0.2, 0.25) is 0 Å². The number of nitrogens with zero attached hydrogens (tertiary/aromatic N) is 1. The molecule has 0 aliphatic carbocycles. The molecule has 0 saturated heterocycles. The monoisotopic (exact) mass is 240 g/mol. The van der Waals surface area contributed by atoms with Crippen LogP contribution in [0.3, 0.4) is 0 Å². The minimum absolute atomic E-state index is 0.586. The van der Waals surface area contributed by atoms with E-state index in [0.29, 0.717) is 5.84 Å². The lowest BCUT2D eigenvalue weighted by Gasteiger charge is -2.16. The molecule has 0 spiro atoms. The average molecular weight is 241 g/mol. The highest BCUT2D eigenvalue weighted by atomic mass is 79.9. The molecule has 0 atom stereocenters. The van der Waals surface area contributed by atoms with Gasteiger partial charge in [0.15, 0.2) is 0 Å². The van der Waals surface area contributed by atoms with Crippen LogP contribution in [0.4, 0.5) is 0 Å². The lowest BCUT2D eigenvalue weighted by atomic mass is 10.2. The Morgan fingerprint density at radius 1 is 1.38 bits per heavy atom. The van der Waals surface area contributed by atoms with Gasteiger partial charge in [-0.3, -0.25) is 5.41 Å². The molecule has 0 amide bonds. The highest BCUT2D eigenvalue weighted by Crippen LogP contribution is 2.11. The van der Waals surface area contributed by atoms with Crippen molar-refractivity contribution in [2.45, 2.75) is 13.5 Å². The second-order valence-electron chi connectivity index (χ2n) is 3.07. The van der Waals surface area contributed by atoms with Gasteiger partial charge in [-0.2, -0.15) is 0 Å². The molecule has 0 bridgehead atoms. The molecular formula is C10H13BrN2. The Hall–Kier alpha value is -0.830. The average Bonchev–Trinajstić information content (AvgIpc) is 2.08. The predicted molar refractivity (Wildman–Crippen MR) is 59.0 cm³/mol. The van der Waals surface area contributed by atoms with Gasteiger partial charge in [0, 0.05) is 18.1 Å². The summed E-state index contributed by atoms with van der Waals surface area (Å²) < 4.78 is 1.09. The topological polar surface area (TPSA) is 27.1 Å². The summed E-state index contributed by atoms with van der Waals surface area (Å²) in [5, 5.41) is 7.41. The molecule has 1 aromatic carbocycles. The molecular weight excluding hydrogens is 228 g/mol. The van der Waals surface area contributed by atoms with Gasteiger partial charge in [-0.15, -0.1) is 0 Å². The fraction of sp³-hybridized carbons (Fsp3) is 0.300. The molecule has 0 radical (unpaired) electrons. The van der Waals surface area contributed by atoms with Crippen molar-refractivity contribution in [3.8, 4) is 0 Å². The molecule has 0 aliphatic heterocycles. The first-order valence-corrected chi connectivity index (χ1v) is 4.89. The molecule has 0 saturated carbocycles. The molecule has 1 rings (SSSR count). The molecule has 0 heterocycles. The van der Waals surface area contributed by atoms with Crippen LogP contribution >= 0.6 is 15.9 Å². The molecule has 13 heavy (non-hydrogen) atoms. The number of amidine groups is 1. The maximum atomic E-state index is 7.41. The lowest BCUT2D eigenvalue weighted by Crippen LogP contribution is -2.22. The second kappa shape index (κ2) is 4.42. The SMILES string of the molecule is CC(=N)N(C)Cc1ccc(Br)cc1. The summed E-state index contributed by atoms with van der Waals surface area (Å²) in [6.07, 6.45) is 0. The van der Waals surface area contributed by atoms with E-state index in [2.05, 4.69) is 28.1 Å². The molecule has 3 heteroatoms. The van der Waals surface area contributed by atoms with E-state index in [1.54, 1.807) is 6.92 Å². The minimum atomic E-state index is 0.586. The Kier molecular flexibility index (Phi) is 3.48. The van der Waals surface area contributed by atoms with Gasteiger partial charge in [0.1, 0.15) is 0 Å². The molecule has 0 unspecified atom stereocenters. The fourth-order valence-corrected chi connectivity index (χ4v) is 1.25. The van der Waals surface area contributed by atoms with Gasteiger partial charge >= 0.3 is 0 Å². The standard InChI is InChI=1S/C10H13BrN2/c1-8(12)13(2)7-9-3-5-10(11)6-4-9/h3-6,12H,7H2,1-2H3. The fourth-order valence-electron chi connectivity index (χ4n) is 0.982. The van der Waals surface area contributed by atoms with E-state index in [1.165, 1.54) is 5.56 Å². The van der Waals surface area contributed by atoms with Gasteiger partial charge in [0.25, 0.3) is 0 Å². The van der Waals surface area contributed by atoms with Crippen LogP contribution in [-0.4, -0.2) is 17.8 Å². The van der Waals surface area contributed by atoms with Crippen molar-refractivity contribution < 1.29 is 0 Å². The highest BCUT2D eigenvalue weighted by molar-refractivity contribution is 9.10. The van der Waals surface area contributed by atoms with E-state index in [9.17, 15) is 0 Å². The molecule has 70 valence electrons. The van der Waals surface area contributed by atoms with Gasteiger partial charge in [0.05, 0.1) is 5.84 Å². The van der Waals surface area contributed by atoms with Crippen molar-refractivity contribution >= 4 is 21.8 Å². The third kappa shape index (κ3) is 3.19. The van der Waals surface area contributed by atoms with E-state index in [1.807, 2.05) is 24.1 Å². The molecule has 1 N–H and O–H groups in total. The minimum Gasteiger partial charge on any atom is -0.360 e. The summed E-state index contributed by atoms with van der Waals surface area (Å²) in [5.41, 5.74) is 1.22. The van der Waals surface area contributed by atoms with Gasteiger partial charge in [-0.05, 0) is 24.6 Å². The number of rotatable bonds is 2. The van der Waals surface area contributed by atoms with Crippen molar-refractivity contribution in [2.75, 3.05) is 7.05 Å². The Balaban J connectivity index is 2.64. The first-order valence-electron chi connectivity index (χ1n) is 4.10. The van der Waals surface area contributed by atoms with Gasteiger partial charge in [0.2, 0.25) is 0 Å². The zero-order valence-electron chi connectivity index (χ0n) is 7.84. The van der Waals surface area contributed by atoms with Crippen molar-refractivity contribution in [1.82, 2.24) is 4.90 Å². The number of nitrogens with one attached hydrogen (secondary N) is 1. The van der Waals surface area contributed by atoms with E-state index in [4.69, 9.17) is 5.41 Å². The van der Waals surface area contributed by atoms with Crippen LogP contribution in [-0.2, 0) is 6.54 Å². The Labute approximate surface area is 87.2 Å². The first-order chi connectivity index (χ1) is 6.09. The van der Waals surface area contributed by atoms with Crippen LogP contribution in [0.25, 0.3) is 0 Å². The Morgan fingerprint density at radius 2 is 1.92 bits per heavy atom. The smallest absolute Gasteiger partial charge is 0.0926 e. The first kappa shape index (κ1) is 10.3. The van der Waals surface area contributed by atoms with Crippen molar-refractivity contribution in [3.05, 3.63) is 34.3 Å². The summed E-state index contributed by atoms with van der Waals surface area (Å²) in [6, 6.07) is 8.15. The third-order valence-corrected chi connectivity index (χ3v) is 2.43. The molecule has 2 nitrogen and oxygen atoms in total. The largest absolute Gasteiger partial charge is 0.360 e. The highest BCUT2D eigenvalue weighted by Gasteiger charge is 1.99. The van der Waals surface area contributed by atoms with E-state index < -0.39 is 0 Å². The Bertz CT molecular complexity index is 292. The summed E-state index contributed by atoms with van der Waals surface area (Å²) in [5.74, 6) is 0.586. The zero-order valence-corrected chi connectivity index (χ0v) is 9.43. The molecule has 0 aliphatic rings. The molecule has 0 aromatic heterocycles. The number of hydrogen-bond acceptors (Lipinski definition) is 1. The van der Waals surface area contributed by atoms with Crippen LogP contribution < -0.4 is 0 Å². The van der Waals surface area contributed by atoms with Crippen LogP contribution in [0.1, 0.15) is 12.5 Å². The quantitative estimate of drug-likeness (QED) is 0.625. The number of benzene rings is 1.